The SMILES string of the molecule is C=CCOC1CCN(c2ncccc2C(=O)N2CCc3ccccc32)C1. The van der Waals surface area contributed by atoms with Gasteiger partial charge in [-0.25, -0.2) is 4.98 Å². The maximum Gasteiger partial charge on any atom is 0.262 e. The molecule has 1 amide bonds. The number of hydrogen-bond acceptors (Lipinski definition) is 4. The lowest BCUT2D eigenvalue weighted by Gasteiger charge is -2.23. The summed E-state index contributed by atoms with van der Waals surface area (Å²) in [6, 6.07) is 11.8. The first-order valence-corrected chi connectivity index (χ1v) is 9.10. The van der Waals surface area contributed by atoms with Gasteiger partial charge in [0, 0.05) is 31.5 Å². The van der Waals surface area contributed by atoms with Gasteiger partial charge in [0.25, 0.3) is 5.91 Å². The van der Waals surface area contributed by atoms with E-state index < -0.39 is 0 Å². The zero-order valence-electron chi connectivity index (χ0n) is 14.8. The molecule has 5 heteroatoms. The molecule has 1 fully saturated rings. The van der Waals surface area contributed by atoms with Crippen molar-refractivity contribution in [2.24, 2.45) is 0 Å². The lowest BCUT2D eigenvalue weighted by atomic mass is 10.1. The number of anilines is 2. The van der Waals surface area contributed by atoms with Gasteiger partial charge in [0.15, 0.2) is 0 Å². The molecular weight excluding hydrogens is 326 g/mol. The number of para-hydroxylation sites is 1. The number of ether oxygens (including phenoxy) is 1. The summed E-state index contributed by atoms with van der Waals surface area (Å²) in [5.41, 5.74) is 2.90. The minimum atomic E-state index is 0.0218. The monoisotopic (exact) mass is 349 g/mol. The van der Waals surface area contributed by atoms with E-state index in [2.05, 4.69) is 22.5 Å². The summed E-state index contributed by atoms with van der Waals surface area (Å²) in [5.74, 6) is 0.778. The highest BCUT2D eigenvalue weighted by molar-refractivity contribution is 6.10. The van der Waals surface area contributed by atoms with E-state index in [1.165, 1.54) is 5.56 Å². The third-order valence-corrected chi connectivity index (χ3v) is 5.04. The van der Waals surface area contributed by atoms with Crippen molar-refractivity contribution in [3.8, 4) is 0 Å². The Morgan fingerprint density at radius 3 is 3.04 bits per heavy atom. The third kappa shape index (κ3) is 3.10. The first-order chi connectivity index (χ1) is 12.8. The molecule has 1 aromatic heterocycles. The van der Waals surface area contributed by atoms with Gasteiger partial charge in [0.1, 0.15) is 5.82 Å². The maximum absolute atomic E-state index is 13.3. The van der Waals surface area contributed by atoms with Crippen LogP contribution in [0.4, 0.5) is 11.5 Å². The second kappa shape index (κ2) is 7.30. The van der Waals surface area contributed by atoms with E-state index in [-0.39, 0.29) is 12.0 Å². The molecule has 26 heavy (non-hydrogen) atoms. The van der Waals surface area contributed by atoms with E-state index in [9.17, 15) is 4.79 Å². The fourth-order valence-corrected chi connectivity index (χ4v) is 3.77. The molecule has 0 N–H and O–H groups in total. The van der Waals surface area contributed by atoms with Crippen molar-refractivity contribution in [1.29, 1.82) is 0 Å². The Labute approximate surface area is 153 Å². The Morgan fingerprint density at radius 1 is 1.27 bits per heavy atom. The van der Waals surface area contributed by atoms with Crippen molar-refractivity contribution >= 4 is 17.4 Å². The van der Waals surface area contributed by atoms with E-state index >= 15 is 0 Å². The standard InChI is InChI=1S/C21H23N3O2/c1-2-14-26-17-10-12-23(15-17)20-18(7-5-11-22-20)21(25)24-13-9-16-6-3-4-8-19(16)24/h2-8,11,17H,1,9-10,12-15H2. The molecule has 1 saturated heterocycles. The maximum atomic E-state index is 13.3. The Hall–Kier alpha value is -2.66. The zero-order valence-corrected chi connectivity index (χ0v) is 14.8. The number of benzene rings is 1. The Morgan fingerprint density at radius 2 is 2.15 bits per heavy atom. The molecule has 2 aliphatic heterocycles. The molecule has 1 atom stereocenters. The van der Waals surface area contributed by atoms with Crippen LogP contribution in [0.2, 0.25) is 0 Å². The lowest BCUT2D eigenvalue weighted by Crippen LogP contribution is -2.32. The van der Waals surface area contributed by atoms with Gasteiger partial charge < -0.3 is 14.5 Å². The van der Waals surface area contributed by atoms with Gasteiger partial charge >= 0.3 is 0 Å². The van der Waals surface area contributed by atoms with E-state index in [1.807, 2.05) is 35.2 Å². The number of carbonyl (C=O) groups excluding carboxylic acids is 1. The van der Waals surface area contributed by atoms with Gasteiger partial charge in [-0.1, -0.05) is 24.3 Å². The van der Waals surface area contributed by atoms with Gasteiger partial charge in [-0.2, -0.15) is 0 Å². The van der Waals surface area contributed by atoms with Gasteiger partial charge in [0.2, 0.25) is 0 Å². The third-order valence-electron chi connectivity index (χ3n) is 5.04. The topological polar surface area (TPSA) is 45.7 Å². The summed E-state index contributed by atoms with van der Waals surface area (Å²) in [4.78, 5) is 21.8. The molecule has 134 valence electrons. The van der Waals surface area contributed by atoms with E-state index in [4.69, 9.17) is 4.74 Å². The highest BCUT2D eigenvalue weighted by Gasteiger charge is 2.31. The van der Waals surface area contributed by atoms with Crippen molar-refractivity contribution in [2.75, 3.05) is 36.0 Å². The first-order valence-electron chi connectivity index (χ1n) is 9.10. The smallest absolute Gasteiger partial charge is 0.262 e. The second-order valence-electron chi connectivity index (χ2n) is 6.69. The second-order valence-corrected chi connectivity index (χ2v) is 6.69. The number of pyridine rings is 1. The molecule has 0 radical (unpaired) electrons. The normalized spacial score (nSPS) is 18.8. The zero-order chi connectivity index (χ0) is 17.9. The number of nitrogens with zero attached hydrogens (tertiary/aromatic N) is 3. The number of fused-ring (bicyclic) bond motifs is 1. The average Bonchev–Trinajstić information content (AvgIpc) is 3.33. The number of amides is 1. The number of carbonyl (C=O) groups is 1. The molecule has 0 aliphatic carbocycles. The summed E-state index contributed by atoms with van der Waals surface area (Å²) in [7, 11) is 0. The Balaban J connectivity index is 1.57. The summed E-state index contributed by atoms with van der Waals surface area (Å²) in [6.45, 7) is 6.56. The summed E-state index contributed by atoms with van der Waals surface area (Å²) in [6.07, 6.45) is 5.51. The van der Waals surface area contributed by atoms with Crippen LogP contribution in [0.25, 0.3) is 0 Å². The summed E-state index contributed by atoms with van der Waals surface area (Å²) < 4.78 is 5.77. The quantitative estimate of drug-likeness (QED) is 0.779. The molecule has 2 aromatic rings. The molecule has 0 spiro atoms. The van der Waals surface area contributed by atoms with Crippen molar-refractivity contribution < 1.29 is 9.53 Å². The van der Waals surface area contributed by atoms with Crippen molar-refractivity contribution in [3.05, 3.63) is 66.4 Å². The summed E-state index contributed by atoms with van der Waals surface area (Å²) >= 11 is 0. The van der Waals surface area contributed by atoms with Gasteiger partial charge in [0.05, 0.1) is 18.3 Å². The van der Waals surface area contributed by atoms with E-state index in [0.717, 1.165) is 44.0 Å². The number of aromatic nitrogens is 1. The van der Waals surface area contributed by atoms with Crippen LogP contribution in [0.1, 0.15) is 22.3 Å². The fraction of sp³-hybridized carbons (Fsp3) is 0.333. The van der Waals surface area contributed by atoms with Crippen molar-refractivity contribution in [1.82, 2.24) is 4.98 Å². The van der Waals surface area contributed by atoms with E-state index in [1.54, 1.807) is 12.3 Å². The van der Waals surface area contributed by atoms with Crippen LogP contribution < -0.4 is 9.80 Å². The molecule has 0 saturated carbocycles. The molecule has 2 aliphatic rings. The van der Waals surface area contributed by atoms with Gasteiger partial charge in [-0.15, -0.1) is 6.58 Å². The Kier molecular flexibility index (Phi) is 4.71. The highest BCUT2D eigenvalue weighted by Crippen LogP contribution is 2.31. The average molecular weight is 349 g/mol. The number of rotatable bonds is 5. The van der Waals surface area contributed by atoms with Crippen molar-refractivity contribution in [2.45, 2.75) is 18.9 Å². The lowest BCUT2D eigenvalue weighted by molar-refractivity contribution is 0.0907. The predicted molar refractivity (Wildman–Crippen MR) is 103 cm³/mol. The molecule has 0 bridgehead atoms. The fourth-order valence-electron chi connectivity index (χ4n) is 3.77. The molecule has 4 rings (SSSR count). The molecular formula is C21H23N3O2. The van der Waals surface area contributed by atoms with Gasteiger partial charge in [-0.3, -0.25) is 4.79 Å². The molecule has 3 heterocycles. The van der Waals surface area contributed by atoms with Crippen LogP contribution in [0.15, 0.2) is 55.3 Å². The molecule has 5 nitrogen and oxygen atoms in total. The minimum Gasteiger partial charge on any atom is -0.372 e. The van der Waals surface area contributed by atoms with E-state index in [0.29, 0.717) is 12.2 Å². The van der Waals surface area contributed by atoms with Crippen LogP contribution in [-0.2, 0) is 11.2 Å². The van der Waals surface area contributed by atoms with Crippen LogP contribution >= 0.6 is 0 Å². The molecule has 1 unspecified atom stereocenters. The molecule has 1 aromatic carbocycles. The Bertz CT molecular complexity index is 820. The highest BCUT2D eigenvalue weighted by atomic mass is 16.5. The minimum absolute atomic E-state index is 0.0218. The summed E-state index contributed by atoms with van der Waals surface area (Å²) in [5, 5.41) is 0. The predicted octanol–water partition coefficient (Wildman–Crippen LogP) is 3.07. The van der Waals surface area contributed by atoms with Crippen LogP contribution in [0, 0.1) is 0 Å². The van der Waals surface area contributed by atoms with Crippen LogP contribution in [-0.4, -0.2) is 43.2 Å². The first kappa shape index (κ1) is 16.8. The van der Waals surface area contributed by atoms with Crippen molar-refractivity contribution in [3.63, 3.8) is 0 Å². The van der Waals surface area contributed by atoms with Crippen LogP contribution in [0.3, 0.4) is 0 Å². The number of hydrogen-bond donors (Lipinski definition) is 0. The van der Waals surface area contributed by atoms with Gasteiger partial charge in [-0.05, 0) is 36.6 Å². The largest absolute Gasteiger partial charge is 0.372 e. The van der Waals surface area contributed by atoms with Crippen LogP contribution in [0.5, 0.6) is 0 Å².